The predicted octanol–water partition coefficient (Wildman–Crippen LogP) is 0.424. The summed E-state index contributed by atoms with van der Waals surface area (Å²) >= 11 is 0. The SMILES string of the molecule is CCS(=O)(=O)NCCNC1=NCC2CN(C(=O)OC(C)(C)C)CCN12.I. The molecule has 0 aliphatic carbocycles. The van der Waals surface area contributed by atoms with Gasteiger partial charge in [0.1, 0.15) is 5.60 Å². The molecule has 0 saturated carbocycles. The van der Waals surface area contributed by atoms with E-state index in [-0.39, 0.29) is 41.9 Å². The average Bonchev–Trinajstić information content (AvgIpc) is 2.92. The molecule has 2 heterocycles. The number of sulfonamides is 1. The molecule has 0 aromatic carbocycles. The highest BCUT2D eigenvalue weighted by atomic mass is 127. The van der Waals surface area contributed by atoms with E-state index in [2.05, 4.69) is 19.9 Å². The van der Waals surface area contributed by atoms with E-state index in [0.29, 0.717) is 39.3 Å². The van der Waals surface area contributed by atoms with Crippen molar-refractivity contribution in [3.63, 3.8) is 0 Å². The summed E-state index contributed by atoms with van der Waals surface area (Å²) in [6, 6.07) is 0.135. The molecule has 2 aliphatic heterocycles. The number of rotatable bonds is 5. The van der Waals surface area contributed by atoms with Gasteiger partial charge in [0, 0.05) is 32.7 Å². The fraction of sp³-hybridized carbons (Fsp3) is 0.867. The smallest absolute Gasteiger partial charge is 0.410 e. The van der Waals surface area contributed by atoms with Crippen LogP contribution in [-0.4, -0.2) is 86.9 Å². The monoisotopic (exact) mass is 503 g/mol. The van der Waals surface area contributed by atoms with Gasteiger partial charge in [-0.2, -0.15) is 0 Å². The maximum atomic E-state index is 12.2. The lowest BCUT2D eigenvalue weighted by Crippen LogP contribution is -2.57. The van der Waals surface area contributed by atoms with Gasteiger partial charge in [-0.25, -0.2) is 17.9 Å². The van der Waals surface area contributed by atoms with Crippen molar-refractivity contribution < 1.29 is 17.9 Å². The molecule has 0 bridgehead atoms. The maximum Gasteiger partial charge on any atom is 0.410 e. The molecule has 0 radical (unpaired) electrons. The molecule has 152 valence electrons. The molecule has 1 fully saturated rings. The first-order chi connectivity index (χ1) is 11.6. The van der Waals surface area contributed by atoms with Crippen molar-refractivity contribution in [2.75, 3.05) is 45.0 Å². The van der Waals surface area contributed by atoms with E-state index in [9.17, 15) is 13.2 Å². The van der Waals surface area contributed by atoms with Crippen molar-refractivity contribution in [1.29, 1.82) is 0 Å². The number of fused-ring (bicyclic) bond motifs is 1. The van der Waals surface area contributed by atoms with Crippen LogP contribution >= 0.6 is 24.0 Å². The van der Waals surface area contributed by atoms with E-state index in [0.717, 1.165) is 5.96 Å². The Kier molecular flexibility index (Phi) is 8.39. The Morgan fingerprint density at radius 2 is 2.00 bits per heavy atom. The zero-order valence-electron chi connectivity index (χ0n) is 15.8. The summed E-state index contributed by atoms with van der Waals surface area (Å²) in [6.07, 6.45) is -0.289. The van der Waals surface area contributed by atoms with Gasteiger partial charge in [0.25, 0.3) is 0 Å². The van der Waals surface area contributed by atoms with Gasteiger partial charge in [0.05, 0.1) is 18.3 Å². The highest BCUT2D eigenvalue weighted by Gasteiger charge is 2.36. The lowest BCUT2D eigenvalue weighted by molar-refractivity contribution is 0.0137. The van der Waals surface area contributed by atoms with Crippen LogP contribution in [0.25, 0.3) is 0 Å². The number of nitrogens with zero attached hydrogens (tertiary/aromatic N) is 3. The minimum atomic E-state index is -3.17. The maximum absolute atomic E-state index is 12.2. The average molecular weight is 503 g/mol. The van der Waals surface area contributed by atoms with Gasteiger partial charge < -0.3 is 19.9 Å². The predicted molar refractivity (Wildman–Crippen MR) is 111 cm³/mol. The van der Waals surface area contributed by atoms with Crippen molar-refractivity contribution >= 4 is 46.1 Å². The molecule has 1 unspecified atom stereocenters. The second-order valence-electron chi connectivity index (χ2n) is 7.16. The molecule has 2 rings (SSSR count). The second-order valence-corrected chi connectivity index (χ2v) is 9.26. The van der Waals surface area contributed by atoms with E-state index in [1.54, 1.807) is 11.8 Å². The number of carbonyl (C=O) groups is 1. The molecule has 2 N–H and O–H groups in total. The first-order valence-corrected chi connectivity index (χ1v) is 10.3. The summed E-state index contributed by atoms with van der Waals surface area (Å²) in [5, 5.41) is 3.17. The molecule has 9 nitrogen and oxygen atoms in total. The van der Waals surface area contributed by atoms with E-state index < -0.39 is 15.6 Å². The molecule has 11 heteroatoms. The number of hydrogen-bond donors (Lipinski definition) is 2. The number of guanidine groups is 1. The van der Waals surface area contributed by atoms with E-state index >= 15 is 0 Å². The Morgan fingerprint density at radius 1 is 1.31 bits per heavy atom. The van der Waals surface area contributed by atoms with Crippen LogP contribution in [0, 0.1) is 0 Å². The number of aliphatic imine (C=N–C) groups is 1. The molecule has 0 spiro atoms. The summed E-state index contributed by atoms with van der Waals surface area (Å²) < 4.78 is 30.7. The van der Waals surface area contributed by atoms with Gasteiger partial charge in [0.2, 0.25) is 10.0 Å². The Morgan fingerprint density at radius 3 is 2.62 bits per heavy atom. The van der Waals surface area contributed by atoms with E-state index in [4.69, 9.17) is 4.74 Å². The zero-order chi connectivity index (χ0) is 18.7. The van der Waals surface area contributed by atoms with Crippen molar-refractivity contribution in [3.05, 3.63) is 0 Å². The van der Waals surface area contributed by atoms with Crippen molar-refractivity contribution in [3.8, 4) is 0 Å². The fourth-order valence-corrected chi connectivity index (χ4v) is 3.32. The molecular weight excluding hydrogens is 473 g/mol. The van der Waals surface area contributed by atoms with E-state index in [1.165, 1.54) is 0 Å². The summed E-state index contributed by atoms with van der Waals surface area (Å²) in [6.45, 7) is 10.4. The standard InChI is InChI=1S/C15H29N5O4S.HI/c1-5-25(22,23)18-7-6-16-13-17-10-12-11-19(8-9-20(12)13)14(21)24-15(2,3)4;/h12,18H,5-11H2,1-4H3,(H,16,17);1H. The summed E-state index contributed by atoms with van der Waals surface area (Å²) in [4.78, 5) is 20.5. The highest BCUT2D eigenvalue weighted by molar-refractivity contribution is 14.0. The molecule has 26 heavy (non-hydrogen) atoms. The molecule has 0 aromatic heterocycles. The minimum absolute atomic E-state index is 0. The normalized spacial score (nSPS) is 20.2. The van der Waals surface area contributed by atoms with Crippen LogP contribution in [0.15, 0.2) is 4.99 Å². The number of carbonyl (C=O) groups excluding carboxylic acids is 1. The van der Waals surface area contributed by atoms with Gasteiger partial charge in [-0.1, -0.05) is 0 Å². The molecule has 1 atom stereocenters. The minimum Gasteiger partial charge on any atom is -0.444 e. The number of nitrogens with one attached hydrogen (secondary N) is 2. The lowest BCUT2D eigenvalue weighted by atomic mass is 10.2. The number of halogens is 1. The second kappa shape index (κ2) is 9.40. The third-order valence-corrected chi connectivity index (χ3v) is 5.37. The first-order valence-electron chi connectivity index (χ1n) is 8.61. The molecule has 0 aromatic rings. The van der Waals surface area contributed by atoms with Crippen molar-refractivity contribution in [1.82, 2.24) is 19.8 Å². The van der Waals surface area contributed by atoms with Crippen LogP contribution in [0.5, 0.6) is 0 Å². The van der Waals surface area contributed by atoms with Crippen molar-refractivity contribution in [2.45, 2.75) is 39.3 Å². The number of amides is 1. The van der Waals surface area contributed by atoms with Gasteiger partial charge in [0.15, 0.2) is 5.96 Å². The number of hydrogen-bond acceptors (Lipinski definition) is 7. The zero-order valence-corrected chi connectivity index (χ0v) is 19.0. The Hall–Kier alpha value is -0.820. The van der Waals surface area contributed by atoms with Crippen LogP contribution in [0.2, 0.25) is 0 Å². The Labute approximate surface area is 173 Å². The largest absolute Gasteiger partial charge is 0.444 e. The quantitative estimate of drug-likeness (QED) is 0.417. The highest BCUT2D eigenvalue weighted by Crippen LogP contribution is 2.18. The topological polar surface area (TPSA) is 103 Å². The van der Waals surface area contributed by atoms with Gasteiger partial charge in [-0.15, -0.1) is 24.0 Å². The summed E-state index contributed by atoms with van der Waals surface area (Å²) in [5.41, 5.74) is -0.501. The van der Waals surface area contributed by atoms with Gasteiger partial charge in [-0.05, 0) is 27.7 Å². The van der Waals surface area contributed by atoms with Crippen molar-refractivity contribution in [2.24, 2.45) is 4.99 Å². The van der Waals surface area contributed by atoms with Crippen LogP contribution in [0.3, 0.4) is 0 Å². The number of ether oxygens (including phenoxy) is 1. The third kappa shape index (κ3) is 6.72. The third-order valence-electron chi connectivity index (χ3n) is 3.97. The van der Waals surface area contributed by atoms with Gasteiger partial charge in [-0.3, -0.25) is 4.99 Å². The molecule has 2 aliphatic rings. The number of piperazine rings is 1. The first kappa shape index (κ1) is 23.2. The molecule has 1 saturated heterocycles. The van der Waals surface area contributed by atoms with Gasteiger partial charge >= 0.3 is 6.09 Å². The molecule has 1 amide bonds. The molecular formula is C15H30IN5O4S. The van der Waals surface area contributed by atoms with Crippen LogP contribution < -0.4 is 10.0 Å². The Bertz CT molecular complexity index is 620. The van der Waals surface area contributed by atoms with Crippen LogP contribution in [0.1, 0.15) is 27.7 Å². The summed E-state index contributed by atoms with van der Waals surface area (Å²) in [7, 11) is -3.17. The summed E-state index contributed by atoms with van der Waals surface area (Å²) in [5.74, 6) is 0.840. The van der Waals surface area contributed by atoms with E-state index in [1.807, 2.05) is 20.8 Å². The van der Waals surface area contributed by atoms with Crippen LogP contribution in [-0.2, 0) is 14.8 Å². The Balaban J connectivity index is 0.00000338. The van der Waals surface area contributed by atoms with Crippen LogP contribution in [0.4, 0.5) is 4.79 Å². The fourth-order valence-electron chi connectivity index (χ4n) is 2.71. The lowest BCUT2D eigenvalue weighted by Gasteiger charge is -2.39.